The van der Waals surface area contributed by atoms with E-state index in [0.717, 1.165) is 10.6 Å². The average Bonchev–Trinajstić information content (AvgIpc) is 3.22. The van der Waals surface area contributed by atoms with E-state index in [1.807, 2.05) is 17.5 Å². The van der Waals surface area contributed by atoms with Gasteiger partial charge in [-0.05, 0) is 23.9 Å². The van der Waals surface area contributed by atoms with Crippen molar-refractivity contribution in [2.75, 3.05) is 12.3 Å². The maximum atomic E-state index is 12.9. The Bertz CT molecular complexity index is 1000. The molecule has 3 aromatic heterocycles. The van der Waals surface area contributed by atoms with Gasteiger partial charge in [0.25, 0.3) is 11.5 Å². The number of aromatic amines is 1. The summed E-state index contributed by atoms with van der Waals surface area (Å²) < 4.78 is 1.59. The van der Waals surface area contributed by atoms with Crippen LogP contribution in [0.25, 0.3) is 10.6 Å². The second-order valence-corrected chi connectivity index (χ2v) is 6.82. The number of carbonyl (C=O) groups excluding carboxylic acids is 1. The highest BCUT2D eigenvalue weighted by molar-refractivity contribution is 7.13. The third kappa shape index (κ3) is 2.72. The zero-order valence-electron chi connectivity index (χ0n) is 13.5. The average molecular weight is 356 g/mol. The van der Waals surface area contributed by atoms with Gasteiger partial charge in [-0.25, -0.2) is 4.98 Å². The molecule has 4 heterocycles. The fourth-order valence-corrected chi connectivity index (χ4v) is 3.69. The van der Waals surface area contributed by atoms with E-state index in [0.29, 0.717) is 29.9 Å². The standard InChI is InChI=1S/C16H16N6O2S/c1-21-12(7-10(20-21)13-3-2-6-25-13)15(24)22-5-4-9-11(8-22)18-16(17)19-14(9)23/h2-3,6-7H,4-5,8H2,1H3,(H3,17,18,19,23). The number of aromatic nitrogens is 4. The summed E-state index contributed by atoms with van der Waals surface area (Å²) in [6, 6.07) is 5.71. The van der Waals surface area contributed by atoms with Crippen LogP contribution in [-0.4, -0.2) is 37.1 Å². The lowest BCUT2D eigenvalue weighted by molar-refractivity contribution is 0.0720. The number of nitrogens with two attached hydrogens (primary N) is 1. The van der Waals surface area contributed by atoms with E-state index in [2.05, 4.69) is 15.1 Å². The van der Waals surface area contributed by atoms with Crippen molar-refractivity contribution in [1.82, 2.24) is 24.6 Å². The number of carbonyl (C=O) groups is 1. The predicted molar refractivity (Wildman–Crippen MR) is 94.2 cm³/mol. The van der Waals surface area contributed by atoms with Crippen LogP contribution in [0.4, 0.5) is 5.95 Å². The smallest absolute Gasteiger partial charge is 0.272 e. The van der Waals surface area contributed by atoms with Gasteiger partial charge in [-0.1, -0.05) is 6.07 Å². The number of aryl methyl sites for hydroxylation is 1. The largest absolute Gasteiger partial charge is 0.369 e. The van der Waals surface area contributed by atoms with Gasteiger partial charge in [0.1, 0.15) is 11.4 Å². The van der Waals surface area contributed by atoms with Crippen LogP contribution in [0.5, 0.6) is 0 Å². The Labute approximate surface area is 146 Å². The zero-order valence-corrected chi connectivity index (χ0v) is 14.3. The molecule has 0 aliphatic carbocycles. The number of fused-ring (bicyclic) bond motifs is 1. The summed E-state index contributed by atoms with van der Waals surface area (Å²) in [6.45, 7) is 0.724. The number of thiophene rings is 1. The molecule has 25 heavy (non-hydrogen) atoms. The molecule has 0 aromatic carbocycles. The molecule has 8 nitrogen and oxygen atoms in total. The fraction of sp³-hybridized carbons (Fsp3) is 0.250. The van der Waals surface area contributed by atoms with E-state index >= 15 is 0 Å². The van der Waals surface area contributed by atoms with Crippen LogP contribution in [-0.2, 0) is 20.0 Å². The Hall–Kier alpha value is -2.94. The van der Waals surface area contributed by atoms with Gasteiger partial charge in [0, 0.05) is 19.2 Å². The molecule has 0 unspecified atom stereocenters. The first kappa shape index (κ1) is 15.6. The number of hydrogen-bond donors (Lipinski definition) is 2. The quantitative estimate of drug-likeness (QED) is 0.712. The maximum absolute atomic E-state index is 12.9. The Morgan fingerprint density at radius 1 is 1.44 bits per heavy atom. The number of hydrogen-bond acceptors (Lipinski definition) is 6. The lowest BCUT2D eigenvalue weighted by atomic mass is 10.1. The summed E-state index contributed by atoms with van der Waals surface area (Å²) in [5.41, 5.74) is 7.82. The Kier molecular flexibility index (Phi) is 3.65. The van der Waals surface area contributed by atoms with E-state index in [4.69, 9.17) is 5.73 Å². The molecule has 1 aliphatic rings. The van der Waals surface area contributed by atoms with E-state index < -0.39 is 0 Å². The molecular weight excluding hydrogens is 340 g/mol. The van der Waals surface area contributed by atoms with Crippen molar-refractivity contribution >= 4 is 23.2 Å². The third-order valence-electron chi connectivity index (χ3n) is 4.25. The van der Waals surface area contributed by atoms with Gasteiger partial charge in [0.05, 0.1) is 17.1 Å². The van der Waals surface area contributed by atoms with Crippen molar-refractivity contribution in [2.45, 2.75) is 13.0 Å². The number of nitrogens with one attached hydrogen (secondary N) is 1. The summed E-state index contributed by atoms with van der Waals surface area (Å²) in [7, 11) is 1.75. The first-order valence-electron chi connectivity index (χ1n) is 7.77. The number of amides is 1. The van der Waals surface area contributed by atoms with Crippen molar-refractivity contribution in [1.29, 1.82) is 0 Å². The van der Waals surface area contributed by atoms with Gasteiger partial charge in [-0.15, -0.1) is 11.3 Å². The Morgan fingerprint density at radius 2 is 2.28 bits per heavy atom. The molecule has 0 spiro atoms. The topological polar surface area (TPSA) is 110 Å². The minimum Gasteiger partial charge on any atom is -0.369 e. The van der Waals surface area contributed by atoms with Crippen molar-refractivity contribution in [3.63, 3.8) is 0 Å². The van der Waals surface area contributed by atoms with E-state index in [9.17, 15) is 9.59 Å². The number of nitrogens with zero attached hydrogens (tertiary/aromatic N) is 4. The van der Waals surface area contributed by atoms with Gasteiger partial charge in [0.15, 0.2) is 0 Å². The normalized spacial score (nSPS) is 13.7. The molecule has 1 aliphatic heterocycles. The Balaban J connectivity index is 1.63. The number of nitrogen functional groups attached to an aromatic ring is 1. The van der Waals surface area contributed by atoms with Crippen LogP contribution in [0, 0.1) is 0 Å². The van der Waals surface area contributed by atoms with Crippen molar-refractivity contribution in [3.05, 3.63) is 50.9 Å². The molecule has 0 bridgehead atoms. The highest BCUT2D eigenvalue weighted by Crippen LogP contribution is 2.25. The van der Waals surface area contributed by atoms with Gasteiger partial charge in [-0.2, -0.15) is 5.10 Å². The molecule has 9 heteroatoms. The molecular formula is C16H16N6O2S. The van der Waals surface area contributed by atoms with Crippen LogP contribution in [0.1, 0.15) is 21.7 Å². The molecule has 128 valence electrons. The second kappa shape index (κ2) is 5.85. The van der Waals surface area contributed by atoms with Crippen molar-refractivity contribution in [3.8, 4) is 10.6 Å². The van der Waals surface area contributed by atoms with Crippen LogP contribution in [0.15, 0.2) is 28.4 Å². The lowest BCUT2D eigenvalue weighted by Gasteiger charge is -2.27. The minimum atomic E-state index is -0.227. The number of rotatable bonds is 2. The molecule has 0 saturated carbocycles. The zero-order chi connectivity index (χ0) is 17.6. The summed E-state index contributed by atoms with van der Waals surface area (Å²) in [5.74, 6) is -0.0670. The lowest BCUT2D eigenvalue weighted by Crippen LogP contribution is -2.40. The molecule has 3 N–H and O–H groups in total. The molecule has 1 amide bonds. The molecule has 0 atom stereocenters. The second-order valence-electron chi connectivity index (χ2n) is 5.87. The van der Waals surface area contributed by atoms with Crippen molar-refractivity contribution in [2.24, 2.45) is 7.05 Å². The third-order valence-corrected chi connectivity index (χ3v) is 5.14. The summed E-state index contributed by atoms with van der Waals surface area (Å²) in [4.78, 5) is 34.2. The van der Waals surface area contributed by atoms with Crippen molar-refractivity contribution < 1.29 is 4.79 Å². The molecule has 3 aromatic rings. The summed E-state index contributed by atoms with van der Waals surface area (Å²) >= 11 is 1.58. The molecule has 0 fully saturated rings. The van der Waals surface area contributed by atoms with Crippen LogP contribution in [0.3, 0.4) is 0 Å². The summed E-state index contributed by atoms with van der Waals surface area (Å²) in [6.07, 6.45) is 0.458. The van der Waals surface area contributed by atoms with Crippen LogP contribution < -0.4 is 11.3 Å². The van der Waals surface area contributed by atoms with E-state index in [1.54, 1.807) is 34.0 Å². The Morgan fingerprint density at radius 3 is 3.04 bits per heavy atom. The predicted octanol–water partition coefficient (Wildman–Crippen LogP) is 1.01. The van der Waals surface area contributed by atoms with Gasteiger partial charge >= 0.3 is 0 Å². The van der Waals surface area contributed by atoms with Gasteiger partial charge in [-0.3, -0.25) is 19.3 Å². The summed E-state index contributed by atoms with van der Waals surface area (Å²) in [5, 5.41) is 6.40. The monoisotopic (exact) mass is 356 g/mol. The molecule has 0 radical (unpaired) electrons. The first-order chi connectivity index (χ1) is 12.0. The van der Waals surface area contributed by atoms with Gasteiger partial charge < -0.3 is 10.6 Å². The van der Waals surface area contributed by atoms with Gasteiger partial charge in [0.2, 0.25) is 5.95 Å². The molecule has 0 saturated heterocycles. The number of H-pyrrole nitrogens is 1. The number of anilines is 1. The van der Waals surface area contributed by atoms with Crippen LogP contribution >= 0.6 is 11.3 Å². The fourth-order valence-electron chi connectivity index (χ4n) is 3.01. The highest BCUT2D eigenvalue weighted by Gasteiger charge is 2.27. The van der Waals surface area contributed by atoms with E-state index in [1.165, 1.54) is 0 Å². The SMILES string of the molecule is Cn1nc(-c2cccs2)cc1C(=O)N1CCc2c(nc(N)[nH]c2=O)C1. The molecule has 4 rings (SSSR count). The first-order valence-corrected chi connectivity index (χ1v) is 8.65. The maximum Gasteiger partial charge on any atom is 0.272 e. The van der Waals surface area contributed by atoms with Crippen LogP contribution in [0.2, 0.25) is 0 Å². The highest BCUT2D eigenvalue weighted by atomic mass is 32.1. The van der Waals surface area contributed by atoms with E-state index in [-0.39, 0.29) is 24.0 Å². The minimum absolute atomic E-state index is 0.0681.